The van der Waals surface area contributed by atoms with Crippen molar-refractivity contribution in [3.63, 3.8) is 0 Å². The predicted octanol–water partition coefficient (Wildman–Crippen LogP) is 3.68. The molecule has 0 aliphatic carbocycles. The van der Waals surface area contributed by atoms with E-state index < -0.39 is 10.0 Å². The molecule has 0 unspecified atom stereocenters. The second-order valence-corrected chi connectivity index (χ2v) is 10.6. The average Bonchev–Trinajstić information content (AvgIpc) is 3.34. The van der Waals surface area contributed by atoms with Crippen molar-refractivity contribution in [3.05, 3.63) is 53.6 Å². The van der Waals surface area contributed by atoms with Crippen LogP contribution in [0, 0.1) is 0 Å². The number of nitrogens with one attached hydrogen (secondary N) is 1. The lowest BCUT2D eigenvalue weighted by molar-refractivity contribution is 0.0730. The highest BCUT2D eigenvalue weighted by molar-refractivity contribution is 7.89. The van der Waals surface area contributed by atoms with Crippen molar-refractivity contribution >= 4 is 27.3 Å². The molecular weight excluding hydrogens is 426 g/mol. The first-order valence-electron chi connectivity index (χ1n) is 11.2. The molecule has 2 aromatic carbocycles. The molecule has 4 rings (SSSR count). The summed E-state index contributed by atoms with van der Waals surface area (Å²) in [6.45, 7) is 7.45. The fraction of sp³-hybridized carbons (Fsp3) is 0.458. The molecule has 2 aromatic rings. The summed E-state index contributed by atoms with van der Waals surface area (Å²) in [5, 5.41) is 2.98. The van der Waals surface area contributed by atoms with Crippen LogP contribution in [-0.4, -0.2) is 58.0 Å². The molecule has 0 radical (unpaired) electrons. The normalized spacial score (nSPS) is 17.7. The van der Waals surface area contributed by atoms with Crippen molar-refractivity contribution in [1.82, 2.24) is 4.31 Å². The third-order valence-electron chi connectivity index (χ3n) is 6.11. The maximum atomic E-state index is 13.2. The van der Waals surface area contributed by atoms with Crippen molar-refractivity contribution in [3.8, 4) is 0 Å². The first kappa shape index (κ1) is 22.8. The Bertz CT molecular complexity index is 1060. The van der Waals surface area contributed by atoms with Gasteiger partial charge in [-0.3, -0.25) is 4.79 Å². The Morgan fingerprint density at radius 3 is 2.25 bits per heavy atom. The molecule has 1 N–H and O–H groups in total. The van der Waals surface area contributed by atoms with Gasteiger partial charge in [0.05, 0.1) is 29.5 Å². The lowest BCUT2D eigenvalue weighted by atomic mass is 10.0. The molecule has 172 valence electrons. The second-order valence-electron chi connectivity index (χ2n) is 8.62. The van der Waals surface area contributed by atoms with E-state index in [0.29, 0.717) is 43.5 Å². The van der Waals surface area contributed by atoms with E-state index in [4.69, 9.17) is 4.74 Å². The number of carbonyl (C=O) groups is 1. The van der Waals surface area contributed by atoms with Crippen LogP contribution in [-0.2, 0) is 14.8 Å². The molecule has 32 heavy (non-hydrogen) atoms. The van der Waals surface area contributed by atoms with Crippen LogP contribution < -0.4 is 10.2 Å². The van der Waals surface area contributed by atoms with Crippen LogP contribution in [0.2, 0.25) is 0 Å². The Morgan fingerprint density at radius 1 is 0.969 bits per heavy atom. The zero-order chi connectivity index (χ0) is 22.7. The smallest absolute Gasteiger partial charge is 0.255 e. The minimum atomic E-state index is -3.66. The summed E-state index contributed by atoms with van der Waals surface area (Å²) in [6.07, 6.45) is 2.16. The molecule has 1 amide bonds. The van der Waals surface area contributed by atoms with Crippen molar-refractivity contribution in [1.29, 1.82) is 0 Å². The summed E-state index contributed by atoms with van der Waals surface area (Å²) in [4.78, 5) is 15.4. The fourth-order valence-electron chi connectivity index (χ4n) is 4.16. The monoisotopic (exact) mass is 457 g/mol. The SMILES string of the molecule is CC(C)c1ccc(C(=O)Nc2cc(S(=O)(=O)N3CCOCC3)ccc2N2CCCC2)cc1. The van der Waals surface area contributed by atoms with Gasteiger partial charge in [-0.25, -0.2) is 8.42 Å². The van der Waals surface area contributed by atoms with Gasteiger partial charge in [0.25, 0.3) is 5.91 Å². The van der Waals surface area contributed by atoms with E-state index in [1.165, 1.54) is 4.31 Å². The van der Waals surface area contributed by atoms with Crippen LogP contribution in [0.1, 0.15) is 48.5 Å². The van der Waals surface area contributed by atoms with Crippen LogP contribution in [0.15, 0.2) is 47.4 Å². The van der Waals surface area contributed by atoms with Gasteiger partial charge in [0, 0.05) is 31.7 Å². The van der Waals surface area contributed by atoms with E-state index in [-0.39, 0.29) is 10.8 Å². The number of anilines is 2. The molecule has 2 fully saturated rings. The van der Waals surface area contributed by atoms with E-state index in [1.807, 2.05) is 30.3 Å². The number of morpholine rings is 1. The van der Waals surface area contributed by atoms with E-state index in [2.05, 4.69) is 24.1 Å². The maximum absolute atomic E-state index is 13.2. The number of hydrogen-bond donors (Lipinski definition) is 1. The van der Waals surface area contributed by atoms with Gasteiger partial charge in [0.1, 0.15) is 0 Å². The summed E-state index contributed by atoms with van der Waals surface area (Å²) < 4.78 is 33.1. The molecule has 0 saturated carbocycles. The molecule has 8 heteroatoms. The highest BCUT2D eigenvalue weighted by Gasteiger charge is 2.28. The molecule has 0 atom stereocenters. The second kappa shape index (κ2) is 9.60. The minimum Gasteiger partial charge on any atom is -0.379 e. The van der Waals surface area contributed by atoms with E-state index >= 15 is 0 Å². The van der Waals surface area contributed by atoms with Crippen LogP contribution in [0.3, 0.4) is 0 Å². The number of amides is 1. The topological polar surface area (TPSA) is 79.0 Å². The predicted molar refractivity (Wildman–Crippen MR) is 126 cm³/mol. The Hall–Kier alpha value is -2.42. The number of nitrogens with zero attached hydrogens (tertiary/aromatic N) is 2. The van der Waals surface area contributed by atoms with Gasteiger partial charge in [-0.05, 0) is 54.7 Å². The van der Waals surface area contributed by atoms with Gasteiger partial charge in [0.2, 0.25) is 10.0 Å². The third-order valence-corrected chi connectivity index (χ3v) is 8.00. The number of hydrogen-bond acceptors (Lipinski definition) is 5. The molecule has 2 saturated heterocycles. The molecular formula is C24H31N3O4S. The average molecular weight is 458 g/mol. The van der Waals surface area contributed by atoms with Gasteiger partial charge in [0.15, 0.2) is 0 Å². The highest BCUT2D eigenvalue weighted by atomic mass is 32.2. The van der Waals surface area contributed by atoms with Gasteiger partial charge in [-0.2, -0.15) is 4.31 Å². The number of carbonyl (C=O) groups excluding carboxylic acids is 1. The van der Waals surface area contributed by atoms with E-state index in [0.717, 1.165) is 37.2 Å². The van der Waals surface area contributed by atoms with Gasteiger partial charge < -0.3 is 15.0 Å². The number of ether oxygens (including phenoxy) is 1. The Morgan fingerprint density at radius 2 is 1.62 bits per heavy atom. The van der Waals surface area contributed by atoms with Crippen LogP contribution in [0.5, 0.6) is 0 Å². The quantitative estimate of drug-likeness (QED) is 0.716. The van der Waals surface area contributed by atoms with Crippen molar-refractivity contribution in [2.75, 3.05) is 49.6 Å². The standard InChI is InChI=1S/C24H31N3O4S/c1-18(2)19-5-7-20(8-6-19)24(28)25-22-17-21(9-10-23(22)26-11-3-4-12-26)32(29,30)27-13-15-31-16-14-27/h5-10,17-18H,3-4,11-16H2,1-2H3,(H,25,28). The molecule has 2 aliphatic heterocycles. The molecule has 7 nitrogen and oxygen atoms in total. The van der Waals surface area contributed by atoms with Crippen LogP contribution in [0.25, 0.3) is 0 Å². The van der Waals surface area contributed by atoms with Crippen LogP contribution in [0.4, 0.5) is 11.4 Å². The zero-order valence-electron chi connectivity index (χ0n) is 18.7. The third kappa shape index (κ3) is 4.82. The molecule has 0 aromatic heterocycles. The lowest BCUT2D eigenvalue weighted by Gasteiger charge is -2.27. The molecule has 0 spiro atoms. The van der Waals surface area contributed by atoms with Gasteiger partial charge >= 0.3 is 0 Å². The van der Waals surface area contributed by atoms with Gasteiger partial charge in [-0.15, -0.1) is 0 Å². The maximum Gasteiger partial charge on any atom is 0.255 e. The Labute approximate surface area is 190 Å². The summed E-state index contributed by atoms with van der Waals surface area (Å²) in [5.74, 6) is 0.137. The summed E-state index contributed by atoms with van der Waals surface area (Å²) in [5.41, 5.74) is 3.09. The summed E-state index contributed by atoms with van der Waals surface area (Å²) >= 11 is 0. The first-order valence-corrected chi connectivity index (χ1v) is 12.7. The molecule has 2 aliphatic rings. The Balaban J connectivity index is 1.64. The fourth-order valence-corrected chi connectivity index (χ4v) is 5.59. The highest BCUT2D eigenvalue weighted by Crippen LogP contribution is 2.33. The first-order chi connectivity index (χ1) is 15.4. The number of rotatable bonds is 6. The van der Waals surface area contributed by atoms with Crippen LogP contribution >= 0.6 is 0 Å². The molecule has 0 bridgehead atoms. The van der Waals surface area contributed by atoms with E-state index in [1.54, 1.807) is 12.1 Å². The summed E-state index contributed by atoms with van der Waals surface area (Å²) in [6, 6.07) is 12.6. The number of benzene rings is 2. The van der Waals surface area contributed by atoms with Crippen molar-refractivity contribution in [2.45, 2.75) is 37.5 Å². The summed E-state index contributed by atoms with van der Waals surface area (Å²) in [7, 11) is -3.66. The lowest BCUT2D eigenvalue weighted by Crippen LogP contribution is -2.40. The largest absolute Gasteiger partial charge is 0.379 e. The van der Waals surface area contributed by atoms with Gasteiger partial charge in [-0.1, -0.05) is 26.0 Å². The van der Waals surface area contributed by atoms with Crippen molar-refractivity contribution < 1.29 is 17.9 Å². The van der Waals surface area contributed by atoms with Crippen molar-refractivity contribution in [2.24, 2.45) is 0 Å². The zero-order valence-corrected chi connectivity index (χ0v) is 19.5. The number of sulfonamides is 1. The van der Waals surface area contributed by atoms with E-state index in [9.17, 15) is 13.2 Å². The molecule has 2 heterocycles. The Kier molecular flexibility index (Phi) is 6.83. The minimum absolute atomic E-state index is 0.188.